The van der Waals surface area contributed by atoms with Gasteiger partial charge in [0.15, 0.2) is 0 Å². The molecule has 1 aliphatic rings. The predicted octanol–water partition coefficient (Wildman–Crippen LogP) is 6.89. The molecular weight excluding hydrogens is 508 g/mol. The molecule has 1 N–H and O–H groups in total. The second kappa shape index (κ2) is 13.8. The van der Waals surface area contributed by atoms with Crippen LogP contribution >= 0.6 is 11.6 Å². The predicted molar refractivity (Wildman–Crippen MR) is 158 cm³/mol. The van der Waals surface area contributed by atoms with Crippen molar-refractivity contribution in [1.29, 1.82) is 0 Å². The first-order valence-corrected chi connectivity index (χ1v) is 14.3. The molecule has 0 saturated carbocycles. The summed E-state index contributed by atoms with van der Waals surface area (Å²) in [4.78, 5) is 28.1. The zero-order valence-electron chi connectivity index (χ0n) is 23.0. The highest BCUT2D eigenvalue weighted by molar-refractivity contribution is 6.34. The molecule has 1 heterocycles. The molecule has 1 fully saturated rings. The summed E-state index contributed by atoms with van der Waals surface area (Å²) in [5, 5.41) is 3.71. The first kappa shape index (κ1) is 28.8. The van der Waals surface area contributed by atoms with Crippen molar-refractivity contribution in [1.82, 2.24) is 10.2 Å². The number of benzene rings is 3. The van der Waals surface area contributed by atoms with Crippen LogP contribution in [0.25, 0.3) is 11.1 Å². The molecule has 206 valence electrons. The standard InChI is InChI=1S/C33H39ClN2O3/c1-3-33(24-30(37)39-2,26-14-8-5-9-15-26)20-11-21-36-22-18-27(19-23-36)35-32(38)31-28(16-10-17-29(31)34)25-12-6-4-7-13-25/h4-10,12-17,27H,3,11,18-24H2,1-2H3,(H,35,38). The lowest BCUT2D eigenvalue weighted by atomic mass is 9.72. The number of rotatable bonds is 11. The quantitative estimate of drug-likeness (QED) is 0.266. The maximum absolute atomic E-state index is 13.3. The number of halogens is 1. The number of carbonyl (C=O) groups excluding carboxylic acids is 2. The topological polar surface area (TPSA) is 58.6 Å². The van der Waals surface area contributed by atoms with Crippen molar-refractivity contribution >= 4 is 23.5 Å². The first-order chi connectivity index (χ1) is 19.0. The summed E-state index contributed by atoms with van der Waals surface area (Å²) in [6, 6.07) is 26.0. The molecule has 4 rings (SSSR count). The highest BCUT2D eigenvalue weighted by Crippen LogP contribution is 2.37. The van der Waals surface area contributed by atoms with Gasteiger partial charge in [-0.05, 0) is 61.4 Å². The van der Waals surface area contributed by atoms with E-state index in [-0.39, 0.29) is 23.3 Å². The molecule has 5 nitrogen and oxygen atoms in total. The van der Waals surface area contributed by atoms with Crippen LogP contribution in [0.3, 0.4) is 0 Å². The minimum absolute atomic E-state index is 0.115. The molecule has 0 aromatic heterocycles. The largest absolute Gasteiger partial charge is 0.469 e. The van der Waals surface area contributed by atoms with Crippen molar-refractivity contribution in [3.63, 3.8) is 0 Å². The Morgan fingerprint density at radius 3 is 2.28 bits per heavy atom. The van der Waals surface area contributed by atoms with E-state index in [0.717, 1.165) is 62.9 Å². The van der Waals surface area contributed by atoms with E-state index >= 15 is 0 Å². The van der Waals surface area contributed by atoms with E-state index in [9.17, 15) is 9.59 Å². The van der Waals surface area contributed by atoms with E-state index in [1.165, 1.54) is 12.7 Å². The second-order valence-electron chi connectivity index (χ2n) is 10.5. The number of likely N-dealkylation sites (tertiary alicyclic amines) is 1. The Hall–Kier alpha value is -3.15. The Labute approximate surface area is 237 Å². The van der Waals surface area contributed by atoms with Crippen molar-refractivity contribution < 1.29 is 14.3 Å². The number of nitrogens with zero attached hydrogens (tertiary/aromatic N) is 1. The van der Waals surface area contributed by atoms with Crippen LogP contribution in [0.1, 0.15) is 61.4 Å². The summed E-state index contributed by atoms with van der Waals surface area (Å²) >= 11 is 6.51. The third kappa shape index (κ3) is 7.28. The molecule has 1 amide bonds. The molecule has 0 radical (unpaired) electrons. The van der Waals surface area contributed by atoms with Gasteiger partial charge in [0, 0.05) is 24.5 Å². The maximum atomic E-state index is 13.3. The average Bonchev–Trinajstić information content (AvgIpc) is 2.98. The van der Waals surface area contributed by atoms with Gasteiger partial charge < -0.3 is 15.0 Å². The van der Waals surface area contributed by atoms with E-state index in [2.05, 4.69) is 29.3 Å². The van der Waals surface area contributed by atoms with Crippen LogP contribution in [0.2, 0.25) is 5.02 Å². The monoisotopic (exact) mass is 546 g/mol. The van der Waals surface area contributed by atoms with E-state index in [4.69, 9.17) is 16.3 Å². The minimum Gasteiger partial charge on any atom is -0.469 e. The van der Waals surface area contributed by atoms with Crippen LogP contribution in [0.4, 0.5) is 0 Å². The number of ether oxygens (including phenoxy) is 1. The second-order valence-corrected chi connectivity index (χ2v) is 10.9. The SMILES string of the molecule is CCC(CCCN1CCC(NC(=O)c2c(Cl)cccc2-c2ccccc2)CC1)(CC(=O)OC)c1ccccc1. The maximum Gasteiger partial charge on any atom is 0.306 e. The molecule has 0 bridgehead atoms. The van der Waals surface area contributed by atoms with Crippen molar-refractivity contribution in [2.24, 2.45) is 0 Å². The number of hydrogen-bond acceptors (Lipinski definition) is 4. The number of hydrogen-bond donors (Lipinski definition) is 1. The first-order valence-electron chi connectivity index (χ1n) is 14.0. The minimum atomic E-state index is -0.216. The zero-order chi connectivity index (χ0) is 27.7. The molecule has 39 heavy (non-hydrogen) atoms. The number of piperidine rings is 1. The third-order valence-corrected chi connectivity index (χ3v) is 8.47. The highest BCUT2D eigenvalue weighted by atomic mass is 35.5. The summed E-state index contributed by atoms with van der Waals surface area (Å²) in [5.41, 5.74) is 3.35. The molecule has 6 heteroatoms. The molecule has 1 saturated heterocycles. The Morgan fingerprint density at radius 2 is 1.64 bits per heavy atom. The van der Waals surface area contributed by atoms with Crippen LogP contribution in [0.15, 0.2) is 78.9 Å². The van der Waals surface area contributed by atoms with Crippen molar-refractivity contribution in [2.45, 2.75) is 56.9 Å². The van der Waals surface area contributed by atoms with Gasteiger partial charge in [-0.3, -0.25) is 9.59 Å². The van der Waals surface area contributed by atoms with E-state index in [1.54, 1.807) is 6.07 Å². The normalized spacial score (nSPS) is 15.9. The van der Waals surface area contributed by atoms with Gasteiger partial charge in [-0.15, -0.1) is 0 Å². The van der Waals surface area contributed by atoms with Gasteiger partial charge in [0.2, 0.25) is 0 Å². The summed E-state index contributed by atoms with van der Waals surface area (Å²) < 4.78 is 5.05. The number of nitrogens with one attached hydrogen (secondary N) is 1. The summed E-state index contributed by atoms with van der Waals surface area (Å²) in [7, 11) is 1.46. The Morgan fingerprint density at radius 1 is 0.974 bits per heavy atom. The number of amides is 1. The van der Waals surface area contributed by atoms with Gasteiger partial charge in [0.25, 0.3) is 5.91 Å². The lowest BCUT2D eigenvalue weighted by Crippen LogP contribution is -2.45. The third-order valence-electron chi connectivity index (χ3n) is 8.15. The molecular formula is C33H39ClN2O3. The van der Waals surface area contributed by atoms with Crippen molar-refractivity contribution in [3.8, 4) is 11.1 Å². The molecule has 3 aromatic carbocycles. The van der Waals surface area contributed by atoms with Crippen molar-refractivity contribution in [3.05, 3.63) is 95.0 Å². The van der Waals surface area contributed by atoms with E-state index in [1.807, 2.05) is 60.7 Å². The number of carbonyl (C=O) groups is 2. The lowest BCUT2D eigenvalue weighted by molar-refractivity contribution is -0.142. The lowest BCUT2D eigenvalue weighted by Gasteiger charge is -2.35. The fraction of sp³-hybridized carbons (Fsp3) is 0.394. The van der Waals surface area contributed by atoms with E-state index in [0.29, 0.717) is 17.0 Å². The summed E-state index contributed by atoms with van der Waals surface area (Å²) in [6.07, 6.45) is 5.00. The Bertz CT molecular complexity index is 1230. The number of esters is 1. The van der Waals surface area contributed by atoms with Gasteiger partial charge in [0.1, 0.15) is 0 Å². The fourth-order valence-electron chi connectivity index (χ4n) is 5.79. The molecule has 1 aliphatic heterocycles. The van der Waals surface area contributed by atoms with Gasteiger partial charge in [0.05, 0.1) is 24.1 Å². The number of methoxy groups -OCH3 is 1. The summed E-state index contributed by atoms with van der Waals surface area (Å²) in [5.74, 6) is -0.275. The molecule has 0 aliphatic carbocycles. The van der Waals surface area contributed by atoms with Crippen molar-refractivity contribution in [2.75, 3.05) is 26.7 Å². The highest BCUT2D eigenvalue weighted by Gasteiger charge is 2.33. The zero-order valence-corrected chi connectivity index (χ0v) is 23.8. The Kier molecular flexibility index (Phi) is 10.2. The average molecular weight is 547 g/mol. The molecule has 1 unspecified atom stereocenters. The van der Waals surface area contributed by atoms with Crippen LogP contribution in [0.5, 0.6) is 0 Å². The Balaban J connectivity index is 1.32. The summed E-state index contributed by atoms with van der Waals surface area (Å²) in [6.45, 7) is 4.99. The van der Waals surface area contributed by atoms with Crippen LogP contribution in [0, 0.1) is 0 Å². The smallest absolute Gasteiger partial charge is 0.306 e. The van der Waals surface area contributed by atoms with Gasteiger partial charge in [-0.1, -0.05) is 91.3 Å². The van der Waals surface area contributed by atoms with Crippen LogP contribution < -0.4 is 5.32 Å². The van der Waals surface area contributed by atoms with Gasteiger partial charge >= 0.3 is 5.97 Å². The molecule has 1 atom stereocenters. The fourth-order valence-corrected chi connectivity index (χ4v) is 6.05. The van der Waals surface area contributed by atoms with Crippen LogP contribution in [-0.4, -0.2) is 49.6 Å². The van der Waals surface area contributed by atoms with E-state index < -0.39 is 0 Å². The van der Waals surface area contributed by atoms with Gasteiger partial charge in [-0.25, -0.2) is 0 Å². The molecule has 3 aromatic rings. The van der Waals surface area contributed by atoms with Crippen LogP contribution in [-0.2, 0) is 14.9 Å². The molecule has 0 spiro atoms. The van der Waals surface area contributed by atoms with Gasteiger partial charge in [-0.2, -0.15) is 0 Å².